The molecule has 2 unspecified atom stereocenters. The molecule has 1 amide bonds. The first-order valence-corrected chi connectivity index (χ1v) is 17.5. The van der Waals surface area contributed by atoms with Crippen LogP contribution in [0.1, 0.15) is 66.5 Å². The summed E-state index contributed by atoms with van der Waals surface area (Å²) in [4.78, 5) is 53.2. The summed E-state index contributed by atoms with van der Waals surface area (Å²) in [5, 5.41) is 8.61. The van der Waals surface area contributed by atoms with Crippen LogP contribution < -0.4 is 11.5 Å². The molecule has 3 rings (SSSR count). The largest absolute Gasteiger partial charge is 0.481 e. The van der Waals surface area contributed by atoms with Gasteiger partial charge in [-0.2, -0.15) is 0 Å². The van der Waals surface area contributed by atoms with Crippen LogP contribution in [0.15, 0.2) is 12.7 Å². The van der Waals surface area contributed by atoms with Crippen molar-refractivity contribution in [3.05, 3.63) is 12.7 Å². The number of aromatic nitrogens is 4. The molecule has 0 spiro atoms. The molecule has 43 heavy (non-hydrogen) atoms. The van der Waals surface area contributed by atoms with E-state index >= 15 is 0 Å². The van der Waals surface area contributed by atoms with Gasteiger partial charge in [-0.15, -0.1) is 0 Å². The number of fused-ring (bicyclic) bond motifs is 1. The van der Waals surface area contributed by atoms with E-state index < -0.39 is 19.9 Å². The van der Waals surface area contributed by atoms with Crippen LogP contribution >= 0.6 is 29.4 Å². The molecule has 2 atom stereocenters. The van der Waals surface area contributed by atoms with E-state index in [1.807, 2.05) is 13.8 Å². The number of aliphatic carboxylic acids is 1. The van der Waals surface area contributed by atoms with Gasteiger partial charge in [0.15, 0.2) is 11.5 Å². The van der Waals surface area contributed by atoms with Crippen LogP contribution in [-0.2, 0) is 23.4 Å². The highest BCUT2D eigenvalue weighted by Crippen LogP contribution is 2.38. The molecule has 1 saturated heterocycles. The van der Waals surface area contributed by atoms with E-state index in [0.29, 0.717) is 43.5 Å². The molecule has 1 fully saturated rings. The summed E-state index contributed by atoms with van der Waals surface area (Å²) in [7, 11) is -1.05. The standard InChI is InChI=1S/C12H24N2O4S2.C10H14N5O5P.C2H6/c1-12(2,3)20-19-8-7-14(11(17)18-9-13)6-4-5-10(15)16;11-9-8-10(13-4-12-9)15(5-14-8)7-2-1-6(20-7)3-19-21(16,17)18;1-2/h4-9,13H2,1-3H3,(H,15,16);4-7H,1-3H2,(H2,11,12,13)(H2,16,17,18);1-2H3. The van der Waals surface area contributed by atoms with E-state index in [1.54, 1.807) is 32.5 Å². The van der Waals surface area contributed by atoms with Crippen molar-refractivity contribution in [2.24, 2.45) is 5.73 Å². The maximum atomic E-state index is 11.7. The number of nitrogens with zero attached hydrogens (tertiary/aromatic N) is 5. The number of phosphoric ester groups is 1. The molecule has 2 aromatic rings. The smallest absolute Gasteiger partial charge is 0.469 e. The molecule has 3 heterocycles. The lowest BCUT2D eigenvalue weighted by Gasteiger charge is -2.22. The molecular formula is C24H44N7O9PS2. The SMILES string of the molecule is CC.CC(C)(C)SSCCN(CCCC(=O)O)C(=O)OCN.Nc1ncnc2c1ncn2C1CCC(COP(=O)(O)O)O1. The van der Waals surface area contributed by atoms with Crippen LogP contribution in [0, 0.1) is 0 Å². The van der Waals surface area contributed by atoms with Crippen molar-refractivity contribution < 1.29 is 43.0 Å². The van der Waals surface area contributed by atoms with Gasteiger partial charge in [-0.1, -0.05) is 56.2 Å². The second-order valence-electron chi connectivity index (χ2n) is 9.74. The van der Waals surface area contributed by atoms with Gasteiger partial charge in [0.05, 0.1) is 19.0 Å². The summed E-state index contributed by atoms with van der Waals surface area (Å²) in [6.45, 7) is 10.9. The van der Waals surface area contributed by atoms with Gasteiger partial charge in [0.1, 0.15) is 24.8 Å². The van der Waals surface area contributed by atoms with Crippen molar-refractivity contribution >= 4 is 58.5 Å². The number of nitrogen functional groups attached to an aromatic ring is 1. The Balaban J connectivity index is 0.000000408. The normalized spacial score (nSPS) is 16.6. The third kappa shape index (κ3) is 15.4. The van der Waals surface area contributed by atoms with Gasteiger partial charge >= 0.3 is 19.9 Å². The Morgan fingerprint density at radius 1 is 1.21 bits per heavy atom. The van der Waals surface area contributed by atoms with Gasteiger partial charge in [0.2, 0.25) is 0 Å². The minimum absolute atomic E-state index is 0.0380. The number of carboxylic acids is 1. The minimum atomic E-state index is -4.48. The summed E-state index contributed by atoms with van der Waals surface area (Å²) in [5.74, 6) is 0.183. The van der Waals surface area contributed by atoms with E-state index in [0.717, 1.165) is 5.75 Å². The van der Waals surface area contributed by atoms with Gasteiger partial charge in [-0.25, -0.2) is 24.3 Å². The molecular weight excluding hydrogens is 625 g/mol. The fraction of sp³-hybridized carbons (Fsp3) is 0.708. The summed E-state index contributed by atoms with van der Waals surface area (Å²) < 4.78 is 27.5. The number of anilines is 1. The first kappa shape index (κ1) is 38.8. The lowest BCUT2D eigenvalue weighted by atomic mass is 10.2. The minimum Gasteiger partial charge on any atom is -0.481 e. The molecule has 1 aliphatic heterocycles. The monoisotopic (exact) mass is 669 g/mol. The Morgan fingerprint density at radius 3 is 2.51 bits per heavy atom. The van der Waals surface area contributed by atoms with Crippen molar-refractivity contribution in [1.82, 2.24) is 24.4 Å². The van der Waals surface area contributed by atoms with Gasteiger partial charge in [0, 0.05) is 30.0 Å². The van der Waals surface area contributed by atoms with Gasteiger partial charge in [0.25, 0.3) is 0 Å². The Labute approximate surface area is 259 Å². The van der Waals surface area contributed by atoms with E-state index in [1.165, 1.54) is 11.2 Å². The number of hydrogen-bond acceptors (Lipinski definition) is 13. The number of imidazole rings is 1. The molecule has 0 aliphatic carbocycles. The number of rotatable bonds is 13. The Morgan fingerprint density at radius 2 is 1.91 bits per heavy atom. The molecule has 0 saturated carbocycles. The first-order chi connectivity index (χ1) is 20.2. The van der Waals surface area contributed by atoms with Crippen molar-refractivity contribution in [2.45, 2.75) is 77.4 Å². The van der Waals surface area contributed by atoms with E-state index in [4.69, 9.17) is 35.8 Å². The molecule has 0 bridgehead atoms. The van der Waals surface area contributed by atoms with E-state index in [9.17, 15) is 14.2 Å². The fourth-order valence-corrected chi connectivity index (χ4v) is 6.15. The zero-order valence-corrected chi connectivity index (χ0v) is 27.6. The predicted molar refractivity (Wildman–Crippen MR) is 166 cm³/mol. The van der Waals surface area contributed by atoms with Crippen LogP contribution in [0.2, 0.25) is 0 Å². The number of phosphoric acid groups is 1. The predicted octanol–water partition coefficient (Wildman–Crippen LogP) is 3.61. The zero-order chi connectivity index (χ0) is 32.6. The Kier molecular flexibility index (Phi) is 17.4. The number of carbonyl (C=O) groups is 2. The summed E-state index contributed by atoms with van der Waals surface area (Å²) in [5.41, 5.74) is 12.0. The molecule has 16 nitrogen and oxygen atoms in total. The van der Waals surface area contributed by atoms with Crippen molar-refractivity contribution in [3.8, 4) is 0 Å². The Bertz CT molecular complexity index is 1180. The van der Waals surface area contributed by atoms with Crippen LogP contribution in [0.25, 0.3) is 11.2 Å². The van der Waals surface area contributed by atoms with Gasteiger partial charge in [-0.3, -0.25) is 19.6 Å². The number of amides is 1. The van der Waals surface area contributed by atoms with E-state index in [-0.39, 0.29) is 42.7 Å². The maximum absolute atomic E-state index is 11.7. The number of ether oxygens (including phenoxy) is 2. The number of carbonyl (C=O) groups excluding carboxylic acids is 1. The maximum Gasteiger partial charge on any atom is 0.469 e. The van der Waals surface area contributed by atoms with Crippen molar-refractivity contribution in [3.63, 3.8) is 0 Å². The third-order valence-corrected chi connectivity index (χ3v) is 9.05. The summed E-state index contributed by atoms with van der Waals surface area (Å²) >= 11 is 0. The second kappa shape index (κ2) is 19.3. The average Bonchev–Trinajstić information content (AvgIpc) is 3.57. The van der Waals surface area contributed by atoms with Crippen molar-refractivity contribution in [1.29, 1.82) is 0 Å². The van der Waals surface area contributed by atoms with Gasteiger partial charge in [-0.05, 0) is 19.3 Å². The molecule has 2 aromatic heterocycles. The molecule has 7 N–H and O–H groups in total. The molecule has 19 heteroatoms. The summed E-state index contributed by atoms with van der Waals surface area (Å²) in [6.07, 6.45) is 3.43. The van der Waals surface area contributed by atoms with Crippen LogP contribution in [0.5, 0.6) is 0 Å². The highest BCUT2D eigenvalue weighted by molar-refractivity contribution is 8.77. The van der Waals surface area contributed by atoms with E-state index in [2.05, 4.69) is 40.2 Å². The number of hydrogen-bond donors (Lipinski definition) is 5. The van der Waals surface area contributed by atoms with Gasteiger partial charge < -0.3 is 35.0 Å². The lowest BCUT2D eigenvalue weighted by Crippen LogP contribution is -2.35. The highest BCUT2D eigenvalue weighted by atomic mass is 33.1. The molecule has 246 valence electrons. The number of carboxylic acid groups (broad SMARTS) is 1. The highest BCUT2D eigenvalue weighted by Gasteiger charge is 2.30. The van der Waals surface area contributed by atoms with Crippen LogP contribution in [0.3, 0.4) is 0 Å². The lowest BCUT2D eigenvalue weighted by molar-refractivity contribution is -0.137. The summed E-state index contributed by atoms with van der Waals surface area (Å²) in [6, 6.07) is 0. The fourth-order valence-electron chi connectivity index (χ4n) is 3.52. The van der Waals surface area contributed by atoms with Crippen LogP contribution in [0.4, 0.5) is 10.6 Å². The second-order valence-corrected chi connectivity index (χ2v) is 14.2. The quantitative estimate of drug-likeness (QED) is 0.0886. The first-order valence-electron chi connectivity index (χ1n) is 13.6. The molecule has 0 radical (unpaired) electrons. The molecule has 1 aliphatic rings. The number of nitrogens with two attached hydrogens (primary N) is 2. The zero-order valence-electron chi connectivity index (χ0n) is 25.1. The topological polar surface area (TPSA) is 238 Å². The third-order valence-electron chi connectivity index (χ3n) is 5.25. The Hall–Kier alpha value is -2.18. The van der Waals surface area contributed by atoms with Crippen molar-refractivity contribution in [2.75, 3.05) is 37.9 Å². The molecule has 0 aromatic carbocycles. The average molecular weight is 670 g/mol. The van der Waals surface area contributed by atoms with Crippen LogP contribution in [-0.4, -0.2) is 94.4 Å².